The van der Waals surface area contributed by atoms with Crippen molar-refractivity contribution in [2.75, 3.05) is 59.6 Å². The Kier molecular flexibility index (Phi) is 8.32. The van der Waals surface area contributed by atoms with Crippen LogP contribution in [0.25, 0.3) is 0 Å². The first-order valence-corrected chi connectivity index (χ1v) is 9.16. The summed E-state index contributed by atoms with van der Waals surface area (Å²) in [6.07, 6.45) is 3.40. The summed E-state index contributed by atoms with van der Waals surface area (Å²) in [7, 11) is 1.43. The number of carbonyl (C=O) groups is 1. The van der Waals surface area contributed by atoms with E-state index >= 15 is 0 Å². The van der Waals surface area contributed by atoms with Gasteiger partial charge in [0.1, 0.15) is 0 Å². The third kappa shape index (κ3) is 5.94. The predicted molar refractivity (Wildman–Crippen MR) is 94.2 cm³/mol. The molecule has 2 heterocycles. The van der Waals surface area contributed by atoms with Crippen LogP contribution in [0.3, 0.4) is 0 Å². The molecular formula is C17H32N4O3. The van der Waals surface area contributed by atoms with E-state index in [4.69, 9.17) is 9.73 Å². The maximum absolute atomic E-state index is 11.1. The summed E-state index contributed by atoms with van der Waals surface area (Å²) in [5.74, 6) is 0.866. The first-order chi connectivity index (χ1) is 11.7. The molecule has 0 aromatic carbocycles. The average molecular weight is 340 g/mol. The molecule has 0 amide bonds. The summed E-state index contributed by atoms with van der Waals surface area (Å²) in [6, 6.07) is 0.608. The summed E-state index contributed by atoms with van der Waals surface area (Å²) in [6.45, 7) is 9.60. The second-order valence-corrected chi connectivity index (χ2v) is 6.31. The molecule has 1 N–H and O–H groups in total. The van der Waals surface area contributed by atoms with Gasteiger partial charge in [0.2, 0.25) is 0 Å². The lowest BCUT2D eigenvalue weighted by atomic mass is 10.2. The SMILES string of the molecule is CCNC(=NCCCCC(=O)OC)N1CCC(N2CCOCC2)C1. The number of nitrogens with one attached hydrogen (secondary N) is 1. The number of aliphatic imine (C=N–C) groups is 1. The second-order valence-electron chi connectivity index (χ2n) is 6.31. The number of esters is 1. The molecule has 0 radical (unpaired) electrons. The van der Waals surface area contributed by atoms with Gasteiger partial charge >= 0.3 is 5.97 Å². The van der Waals surface area contributed by atoms with Gasteiger partial charge in [0.25, 0.3) is 0 Å². The highest BCUT2D eigenvalue weighted by Gasteiger charge is 2.30. The summed E-state index contributed by atoms with van der Waals surface area (Å²) in [5, 5.41) is 3.40. The van der Waals surface area contributed by atoms with Crippen LogP contribution in [0.2, 0.25) is 0 Å². The van der Waals surface area contributed by atoms with Crippen molar-refractivity contribution in [2.24, 2.45) is 4.99 Å². The van der Waals surface area contributed by atoms with Crippen LogP contribution >= 0.6 is 0 Å². The lowest BCUT2D eigenvalue weighted by Gasteiger charge is -2.32. The molecule has 7 heteroatoms. The van der Waals surface area contributed by atoms with E-state index in [0.29, 0.717) is 12.5 Å². The molecule has 2 fully saturated rings. The molecule has 1 atom stereocenters. The molecular weight excluding hydrogens is 308 g/mol. The van der Waals surface area contributed by atoms with Gasteiger partial charge in [0.15, 0.2) is 5.96 Å². The molecule has 0 spiro atoms. The fraction of sp³-hybridized carbons (Fsp3) is 0.882. The zero-order valence-corrected chi connectivity index (χ0v) is 15.1. The number of hydrogen-bond acceptors (Lipinski definition) is 5. The third-order valence-corrected chi connectivity index (χ3v) is 4.64. The molecule has 2 aliphatic heterocycles. The summed E-state index contributed by atoms with van der Waals surface area (Å²) in [5.41, 5.74) is 0. The number of methoxy groups -OCH3 is 1. The van der Waals surface area contributed by atoms with E-state index in [1.165, 1.54) is 13.5 Å². The molecule has 2 aliphatic rings. The number of morpholine rings is 1. The number of likely N-dealkylation sites (tertiary alicyclic amines) is 1. The predicted octanol–water partition coefficient (Wildman–Crippen LogP) is 0.702. The van der Waals surface area contributed by atoms with Gasteiger partial charge in [-0.2, -0.15) is 0 Å². The lowest BCUT2D eigenvalue weighted by molar-refractivity contribution is -0.140. The quantitative estimate of drug-likeness (QED) is 0.319. The van der Waals surface area contributed by atoms with Gasteiger partial charge < -0.3 is 19.7 Å². The number of carbonyl (C=O) groups excluding carboxylic acids is 1. The number of ether oxygens (including phenoxy) is 2. The highest BCUT2D eigenvalue weighted by Crippen LogP contribution is 2.17. The fourth-order valence-corrected chi connectivity index (χ4v) is 3.27. The molecule has 2 rings (SSSR count). The molecule has 0 aromatic rings. The molecule has 0 bridgehead atoms. The van der Waals surface area contributed by atoms with E-state index in [-0.39, 0.29) is 5.97 Å². The Balaban J connectivity index is 1.77. The first-order valence-electron chi connectivity index (χ1n) is 9.16. The monoisotopic (exact) mass is 340 g/mol. The van der Waals surface area contributed by atoms with Gasteiger partial charge in [-0.3, -0.25) is 14.7 Å². The maximum atomic E-state index is 11.1. The summed E-state index contributed by atoms with van der Waals surface area (Å²) >= 11 is 0. The minimum absolute atomic E-state index is 0.140. The first kappa shape index (κ1) is 19.0. The van der Waals surface area contributed by atoms with Crippen LogP contribution in [0.15, 0.2) is 4.99 Å². The number of guanidine groups is 1. The highest BCUT2D eigenvalue weighted by molar-refractivity contribution is 5.80. The normalized spacial score (nSPS) is 22.7. The van der Waals surface area contributed by atoms with Crippen LogP contribution in [0.5, 0.6) is 0 Å². The van der Waals surface area contributed by atoms with E-state index in [0.717, 1.165) is 71.3 Å². The van der Waals surface area contributed by atoms with Crippen molar-refractivity contribution in [3.05, 3.63) is 0 Å². The van der Waals surface area contributed by atoms with E-state index in [1.807, 2.05) is 0 Å². The van der Waals surface area contributed by atoms with Gasteiger partial charge in [-0.05, 0) is 26.2 Å². The van der Waals surface area contributed by atoms with E-state index in [9.17, 15) is 4.79 Å². The molecule has 0 aromatic heterocycles. The van der Waals surface area contributed by atoms with Crippen LogP contribution in [0, 0.1) is 0 Å². The number of rotatable bonds is 7. The largest absolute Gasteiger partial charge is 0.469 e. The van der Waals surface area contributed by atoms with Gasteiger partial charge in [0.05, 0.1) is 20.3 Å². The Bertz CT molecular complexity index is 411. The van der Waals surface area contributed by atoms with Crippen molar-refractivity contribution in [3.63, 3.8) is 0 Å². The lowest BCUT2D eigenvalue weighted by Crippen LogP contribution is -2.46. The van der Waals surface area contributed by atoms with Crippen molar-refractivity contribution in [1.82, 2.24) is 15.1 Å². The molecule has 7 nitrogen and oxygen atoms in total. The standard InChI is InChI=1S/C17H32N4O3/c1-3-18-17(19-8-5-4-6-16(22)23-2)21-9-7-15(14-21)20-10-12-24-13-11-20/h15H,3-14H2,1-2H3,(H,18,19). The number of hydrogen-bond donors (Lipinski definition) is 1. The Morgan fingerprint density at radius 2 is 2.08 bits per heavy atom. The third-order valence-electron chi connectivity index (χ3n) is 4.64. The van der Waals surface area contributed by atoms with Crippen LogP contribution in [-0.2, 0) is 14.3 Å². The minimum atomic E-state index is -0.140. The highest BCUT2D eigenvalue weighted by atomic mass is 16.5. The molecule has 24 heavy (non-hydrogen) atoms. The molecule has 0 aliphatic carbocycles. The topological polar surface area (TPSA) is 66.4 Å². The van der Waals surface area contributed by atoms with Gasteiger partial charge in [-0.1, -0.05) is 0 Å². The van der Waals surface area contributed by atoms with Crippen molar-refractivity contribution in [1.29, 1.82) is 0 Å². The molecule has 138 valence electrons. The summed E-state index contributed by atoms with van der Waals surface area (Å²) in [4.78, 5) is 20.8. The Morgan fingerprint density at radius 3 is 2.79 bits per heavy atom. The van der Waals surface area contributed by atoms with E-state index in [2.05, 4.69) is 26.8 Å². The zero-order valence-electron chi connectivity index (χ0n) is 15.1. The van der Waals surface area contributed by atoms with Crippen LogP contribution < -0.4 is 5.32 Å². The van der Waals surface area contributed by atoms with Gasteiger partial charge in [-0.15, -0.1) is 0 Å². The Morgan fingerprint density at radius 1 is 1.29 bits per heavy atom. The molecule has 2 saturated heterocycles. The second kappa shape index (κ2) is 10.5. The smallest absolute Gasteiger partial charge is 0.305 e. The number of nitrogens with zero attached hydrogens (tertiary/aromatic N) is 3. The Hall–Kier alpha value is -1.34. The summed E-state index contributed by atoms with van der Waals surface area (Å²) < 4.78 is 10.1. The van der Waals surface area contributed by atoms with E-state index < -0.39 is 0 Å². The number of unbranched alkanes of at least 4 members (excludes halogenated alkanes) is 1. The van der Waals surface area contributed by atoms with Gasteiger partial charge in [0, 0.05) is 51.7 Å². The minimum Gasteiger partial charge on any atom is -0.469 e. The van der Waals surface area contributed by atoms with Crippen LogP contribution in [0.1, 0.15) is 32.6 Å². The van der Waals surface area contributed by atoms with Crippen molar-refractivity contribution >= 4 is 11.9 Å². The average Bonchev–Trinajstić information content (AvgIpc) is 3.11. The zero-order chi connectivity index (χ0) is 17.2. The van der Waals surface area contributed by atoms with E-state index in [1.54, 1.807) is 0 Å². The van der Waals surface area contributed by atoms with Crippen molar-refractivity contribution in [3.8, 4) is 0 Å². The molecule has 1 unspecified atom stereocenters. The maximum Gasteiger partial charge on any atom is 0.305 e. The van der Waals surface area contributed by atoms with Crippen molar-refractivity contribution < 1.29 is 14.3 Å². The van der Waals surface area contributed by atoms with Gasteiger partial charge in [-0.25, -0.2) is 0 Å². The van der Waals surface area contributed by atoms with Crippen LogP contribution in [-0.4, -0.2) is 87.4 Å². The molecule has 0 saturated carbocycles. The fourth-order valence-electron chi connectivity index (χ4n) is 3.27. The Labute approximate surface area is 145 Å². The van der Waals surface area contributed by atoms with Crippen molar-refractivity contribution in [2.45, 2.75) is 38.6 Å². The van der Waals surface area contributed by atoms with Crippen LogP contribution in [0.4, 0.5) is 0 Å².